The van der Waals surface area contributed by atoms with Gasteiger partial charge in [-0.3, -0.25) is 4.98 Å². The molecule has 1 aromatic heterocycles. The van der Waals surface area contributed by atoms with E-state index in [9.17, 15) is 0 Å². The van der Waals surface area contributed by atoms with E-state index < -0.39 is 0 Å². The quantitative estimate of drug-likeness (QED) is 0.602. The molecule has 0 aliphatic rings. The van der Waals surface area contributed by atoms with Crippen molar-refractivity contribution in [3.8, 4) is 0 Å². The minimum absolute atomic E-state index is 1.02. The van der Waals surface area contributed by atoms with Crippen LogP contribution in [0.5, 0.6) is 0 Å². The van der Waals surface area contributed by atoms with Crippen LogP contribution < -0.4 is 0 Å². The molecule has 0 aliphatic carbocycles. The average molecular weight is 152 g/mol. The van der Waals surface area contributed by atoms with Crippen LogP contribution in [-0.4, -0.2) is 11.2 Å². The highest BCUT2D eigenvalue weighted by Crippen LogP contribution is 2.13. The molecule has 0 saturated heterocycles. The van der Waals surface area contributed by atoms with Gasteiger partial charge in [0, 0.05) is 11.1 Å². The lowest BCUT2D eigenvalue weighted by molar-refractivity contribution is 1.07. The van der Waals surface area contributed by atoms with Gasteiger partial charge in [0.05, 0.1) is 6.20 Å². The SMILES string of the molecule is CCc1[c]ncc(SC)c1. The van der Waals surface area contributed by atoms with Gasteiger partial charge in [-0.05, 0) is 24.3 Å². The van der Waals surface area contributed by atoms with Gasteiger partial charge in [0.1, 0.15) is 0 Å². The van der Waals surface area contributed by atoms with Crippen LogP contribution in [-0.2, 0) is 6.42 Å². The van der Waals surface area contributed by atoms with Gasteiger partial charge in [0.2, 0.25) is 0 Å². The molecule has 2 heteroatoms. The van der Waals surface area contributed by atoms with Crippen LogP contribution in [0.25, 0.3) is 0 Å². The molecule has 1 nitrogen and oxygen atoms in total. The number of pyridine rings is 1. The van der Waals surface area contributed by atoms with Gasteiger partial charge in [0.15, 0.2) is 0 Å². The molecule has 0 fully saturated rings. The Labute approximate surface area is 65.9 Å². The molecule has 1 radical (unpaired) electrons. The van der Waals surface area contributed by atoms with E-state index in [1.54, 1.807) is 11.8 Å². The van der Waals surface area contributed by atoms with E-state index in [-0.39, 0.29) is 0 Å². The highest BCUT2D eigenvalue weighted by molar-refractivity contribution is 7.98. The van der Waals surface area contributed by atoms with Crippen LogP contribution in [0.2, 0.25) is 0 Å². The summed E-state index contributed by atoms with van der Waals surface area (Å²) in [5.74, 6) is 0. The van der Waals surface area contributed by atoms with Crippen LogP contribution >= 0.6 is 11.8 Å². The molecular formula is C8H10NS. The zero-order chi connectivity index (χ0) is 7.40. The summed E-state index contributed by atoms with van der Waals surface area (Å²) >= 11 is 1.72. The molecule has 0 atom stereocenters. The Balaban J connectivity index is 2.87. The maximum Gasteiger partial charge on any atom is 0.0921 e. The van der Waals surface area contributed by atoms with Crippen LogP contribution in [0.4, 0.5) is 0 Å². The number of aryl methyl sites for hydroxylation is 1. The van der Waals surface area contributed by atoms with E-state index in [2.05, 4.69) is 30.4 Å². The number of hydrogen-bond donors (Lipinski definition) is 0. The molecule has 53 valence electrons. The number of aromatic nitrogens is 1. The molecule has 0 N–H and O–H groups in total. The van der Waals surface area contributed by atoms with E-state index in [1.165, 1.54) is 10.5 Å². The predicted octanol–water partition coefficient (Wildman–Crippen LogP) is 2.17. The lowest BCUT2D eigenvalue weighted by Gasteiger charge is -1.96. The minimum atomic E-state index is 1.02. The lowest BCUT2D eigenvalue weighted by atomic mass is 10.2. The molecular weight excluding hydrogens is 142 g/mol. The van der Waals surface area contributed by atoms with Gasteiger partial charge in [-0.15, -0.1) is 11.8 Å². The first-order valence-electron chi connectivity index (χ1n) is 3.27. The third kappa shape index (κ3) is 1.74. The van der Waals surface area contributed by atoms with Crippen molar-refractivity contribution in [2.24, 2.45) is 0 Å². The fourth-order valence-electron chi connectivity index (χ4n) is 0.713. The minimum Gasteiger partial charge on any atom is -0.253 e. The van der Waals surface area contributed by atoms with Crippen molar-refractivity contribution in [2.45, 2.75) is 18.2 Å². The Hall–Kier alpha value is -0.500. The highest BCUT2D eigenvalue weighted by atomic mass is 32.2. The van der Waals surface area contributed by atoms with E-state index in [4.69, 9.17) is 0 Å². The van der Waals surface area contributed by atoms with Crippen molar-refractivity contribution in [3.63, 3.8) is 0 Å². The number of thioether (sulfide) groups is 1. The third-order valence-electron chi connectivity index (χ3n) is 1.33. The monoisotopic (exact) mass is 152 g/mol. The van der Waals surface area contributed by atoms with Gasteiger partial charge < -0.3 is 0 Å². The lowest BCUT2D eigenvalue weighted by Crippen LogP contribution is -1.83. The maximum atomic E-state index is 3.98. The van der Waals surface area contributed by atoms with Gasteiger partial charge in [-0.1, -0.05) is 6.92 Å². The van der Waals surface area contributed by atoms with Crippen LogP contribution in [0.1, 0.15) is 12.5 Å². The first kappa shape index (κ1) is 7.61. The average Bonchev–Trinajstić information content (AvgIpc) is 2.05. The zero-order valence-electron chi connectivity index (χ0n) is 6.22. The standard InChI is InChI=1S/C8H10NS/c1-3-7-4-8(10-2)6-9-5-7/h4,6H,3H2,1-2H3. The van der Waals surface area contributed by atoms with Crippen molar-refractivity contribution >= 4 is 11.8 Å². The van der Waals surface area contributed by atoms with Crippen molar-refractivity contribution in [3.05, 3.63) is 24.0 Å². The fourth-order valence-corrected chi connectivity index (χ4v) is 1.13. The number of nitrogens with zero attached hydrogens (tertiary/aromatic N) is 1. The molecule has 1 rings (SSSR count). The summed E-state index contributed by atoms with van der Waals surface area (Å²) < 4.78 is 0. The van der Waals surface area contributed by atoms with Crippen LogP contribution in [0.15, 0.2) is 17.2 Å². The van der Waals surface area contributed by atoms with Crippen molar-refractivity contribution in [2.75, 3.05) is 6.26 Å². The first-order valence-corrected chi connectivity index (χ1v) is 4.50. The van der Waals surface area contributed by atoms with Crippen molar-refractivity contribution in [1.82, 2.24) is 4.98 Å². The normalized spacial score (nSPS) is 9.80. The van der Waals surface area contributed by atoms with E-state index >= 15 is 0 Å². The van der Waals surface area contributed by atoms with E-state index in [1.807, 2.05) is 6.20 Å². The predicted molar refractivity (Wildman–Crippen MR) is 44.2 cm³/mol. The molecule has 10 heavy (non-hydrogen) atoms. The Morgan fingerprint density at radius 2 is 2.50 bits per heavy atom. The zero-order valence-corrected chi connectivity index (χ0v) is 7.03. The Morgan fingerprint density at radius 1 is 1.70 bits per heavy atom. The van der Waals surface area contributed by atoms with E-state index in [0.29, 0.717) is 0 Å². The summed E-state index contributed by atoms with van der Waals surface area (Å²) in [5.41, 5.74) is 1.19. The van der Waals surface area contributed by atoms with Gasteiger partial charge >= 0.3 is 0 Å². The molecule has 0 aliphatic heterocycles. The summed E-state index contributed by atoms with van der Waals surface area (Å²) in [6.07, 6.45) is 7.83. The summed E-state index contributed by atoms with van der Waals surface area (Å²) in [7, 11) is 0. The third-order valence-corrected chi connectivity index (χ3v) is 2.03. The molecule has 0 aromatic carbocycles. The first-order chi connectivity index (χ1) is 4.86. The van der Waals surface area contributed by atoms with Gasteiger partial charge in [-0.25, -0.2) is 0 Å². The van der Waals surface area contributed by atoms with Crippen molar-refractivity contribution < 1.29 is 0 Å². The molecule has 0 bridgehead atoms. The Kier molecular flexibility index (Phi) is 2.75. The number of hydrogen-bond acceptors (Lipinski definition) is 2. The summed E-state index contributed by atoms with van der Waals surface area (Å²) in [6.45, 7) is 2.11. The topological polar surface area (TPSA) is 12.9 Å². The highest BCUT2D eigenvalue weighted by Gasteiger charge is 1.92. The van der Waals surface area contributed by atoms with Gasteiger partial charge in [-0.2, -0.15) is 0 Å². The van der Waals surface area contributed by atoms with Crippen molar-refractivity contribution in [1.29, 1.82) is 0 Å². The maximum absolute atomic E-state index is 3.98. The second kappa shape index (κ2) is 3.62. The Morgan fingerprint density at radius 3 is 3.10 bits per heavy atom. The molecule has 0 saturated carbocycles. The van der Waals surface area contributed by atoms with E-state index in [0.717, 1.165) is 6.42 Å². The van der Waals surface area contributed by atoms with Gasteiger partial charge in [0.25, 0.3) is 0 Å². The number of rotatable bonds is 2. The molecule has 0 amide bonds. The smallest absolute Gasteiger partial charge is 0.0921 e. The summed E-state index contributed by atoms with van der Waals surface area (Å²) in [6, 6.07) is 2.12. The molecule has 1 heterocycles. The fraction of sp³-hybridized carbons (Fsp3) is 0.375. The Bertz CT molecular complexity index is 191. The molecule has 1 aromatic rings. The summed E-state index contributed by atoms with van der Waals surface area (Å²) in [5, 5.41) is 0. The second-order valence-corrected chi connectivity index (χ2v) is 2.88. The summed E-state index contributed by atoms with van der Waals surface area (Å²) in [4.78, 5) is 5.20. The van der Waals surface area contributed by atoms with Crippen LogP contribution in [0.3, 0.4) is 0 Å². The molecule has 0 spiro atoms. The molecule has 0 unspecified atom stereocenters. The largest absolute Gasteiger partial charge is 0.253 e. The second-order valence-electron chi connectivity index (χ2n) is 2.00. The van der Waals surface area contributed by atoms with Crippen LogP contribution in [0, 0.1) is 6.20 Å².